The summed E-state index contributed by atoms with van der Waals surface area (Å²) in [5, 5.41) is 0. The van der Waals surface area contributed by atoms with Crippen LogP contribution < -0.4 is 0 Å². The van der Waals surface area contributed by atoms with Crippen LogP contribution in [0, 0.1) is 0 Å². The Labute approximate surface area is 174 Å². The lowest BCUT2D eigenvalue weighted by atomic mass is 9.91. The molecule has 1 aromatic rings. The fourth-order valence-corrected chi connectivity index (χ4v) is 2.01. The van der Waals surface area contributed by atoms with Gasteiger partial charge in [-0.25, -0.2) is 0 Å². The second-order valence-corrected chi connectivity index (χ2v) is 4.99. The number of hydrogen-bond acceptors (Lipinski definition) is 0. The lowest BCUT2D eigenvalue weighted by molar-refractivity contribution is 0.730. The second-order valence-electron chi connectivity index (χ2n) is 4.99. The van der Waals surface area contributed by atoms with E-state index in [0.29, 0.717) is 5.92 Å². The highest BCUT2D eigenvalue weighted by molar-refractivity contribution is 5.54. The average Bonchev–Trinajstić information content (AvgIpc) is 2.77. The molecular formula is C27H52. The van der Waals surface area contributed by atoms with Crippen molar-refractivity contribution < 1.29 is 0 Å². The third-order valence-electron chi connectivity index (χ3n) is 3.33. The molecule has 0 N–H and O–H groups in total. The fraction of sp³-hybridized carbons (Fsp3) is 0.556. The fourth-order valence-electron chi connectivity index (χ4n) is 2.01. The first-order chi connectivity index (χ1) is 13.1. The lowest BCUT2D eigenvalue weighted by Crippen LogP contribution is -1.96. The maximum atomic E-state index is 3.93. The van der Waals surface area contributed by atoms with Crippen molar-refractivity contribution in [3.63, 3.8) is 0 Å². The van der Waals surface area contributed by atoms with E-state index in [4.69, 9.17) is 0 Å². The smallest absolute Gasteiger partial charge is 0.0187 e. The van der Waals surface area contributed by atoms with Crippen LogP contribution in [0.15, 0.2) is 50.6 Å². The van der Waals surface area contributed by atoms with Crippen LogP contribution in [0.2, 0.25) is 0 Å². The van der Waals surface area contributed by atoms with Crippen molar-refractivity contribution in [1.29, 1.82) is 0 Å². The molecule has 160 valence electrons. The van der Waals surface area contributed by atoms with E-state index < -0.39 is 0 Å². The molecule has 0 aliphatic carbocycles. The van der Waals surface area contributed by atoms with Gasteiger partial charge in [-0.1, -0.05) is 106 Å². The van der Waals surface area contributed by atoms with Crippen LogP contribution in [0.3, 0.4) is 0 Å². The minimum Gasteiger partial charge on any atom is -0.106 e. The predicted octanol–water partition coefficient (Wildman–Crippen LogP) is 10.3. The normalized spacial score (nSPS) is 8.67. The Balaban J connectivity index is -0.000000125. The van der Waals surface area contributed by atoms with Crippen LogP contribution in [-0.2, 0) is 6.42 Å². The molecule has 27 heavy (non-hydrogen) atoms. The first-order valence-corrected chi connectivity index (χ1v) is 11.0. The molecule has 0 aromatic heterocycles. The molecule has 0 aliphatic rings. The van der Waals surface area contributed by atoms with Gasteiger partial charge >= 0.3 is 0 Å². The van der Waals surface area contributed by atoms with Gasteiger partial charge in [0, 0.05) is 0 Å². The van der Waals surface area contributed by atoms with Gasteiger partial charge in [0.05, 0.1) is 0 Å². The molecule has 0 heteroatoms. The molecular weight excluding hydrogens is 324 g/mol. The zero-order valence-corrected chi connectivity index (χ0v) is 20.6. The molecule has 1 rings (SSSR count). The molecule has 1 atom stereocenters. The summed E-state index contributed by atoms with van der Waals surface area (Å²) in [6, 6.07) is 6.88. The molecule has 0 saturated carbocycles. The quantitative estimate of drug-likeness (QED) is 0.433. The van der Waals surface area contributed by atoms with E-state index >= 15 is 0 Å². The van der Waals surface area contributed by atoms with Gasteiger partial charge in [0.25, 0.3) is 0 Å². The van der Waals surface area contributed by atoms with Crippen molar-refractivity contribution in [3.05, 3.63) is 67.3 Å². The summed E-state index contributed by atoms with van der Waals surface area (Å²) >= 11 is 0. The largest absolute Gasteiger partial charge is 0.106 e. The molecule has 1 unspecified atom stereocenters. The Morgan fingerprint density at radius 1 is 0.926 bits per heavy atom. The van der Waals surface area contributed by atoms with Gasteiger partial charge in [-0.05, 0) is 48.8 Å². The van der Waals surface area contributed by atoms with E-state index in [-0.39, 0.29) is 0 Å². The minimum atomic E-state index is 0.633. The lowest BCUT2D eigenvalue weighted by Gasteiger charge is -2.14. The summed E-state index contributed by atoms with van der Waals surface area (Å²) in [5.74, 6) is 0.633. The molecule has 0 heterocycles. The van der Waals surface area contributed by atoms with Crippen molar-refractivity contribution >= 4 is 6.08 Å². The molecule has 0 bridgehead atoms. The van der Waals surface area contributed by atoms with Gasteiger partial charge in [0.2, 0.25) is 0 Å². The molecule has 0 nitrogen and oxygen atoms in total. The maximum Gasteiger partial charge on any atom is -0.0187 e. The van der Waals surface area contributed by atoms with Gasteiger partial charge < -0.3 is 0 Å². The first-order valence-electron chi connectivity index (χ1n) is 11.0. The van der Waals surface area contributed by atoms with Gasteiger partial charge in [-0.15, -0.1) is 19.7 Å². The number of rotatable bonds is 6. The number of benzene rings is 1. The molecule has 0 radical (unpaired) electrons. The second kappa shape index (κ2) is 35.5. The summed E-state index contributed by atoms with van der Waals surface area (Å²) in [6.45, 7) is 33.9. The Morgan fingerprint density at radius 3 is 1.70 bits per heavy atom. The van der Waals surface area contributed by atoms with Crippen LogP contribution >= 0.6 is 0 Å². The Morgan fingerprint density at radius 2 is 1.37 bits per heavy atom. The van der Waals surface area contributed by atoms with Crippen LogP contribution in [0.5, 0.6) is 0 Å². The Kier molecular flexibility index (Phi) is 47.9. The number of hydrogen-bond donors (Lipinski definition) is 0. The third kappa shape index (κ3) is 22.4. The third-order valence-corrected chi connectivity index (χ3v) is 3.33. The highest BCUT2D eigenvalue weighted by Crippen LogP contribution is 2.25. The van der Waals surface area contributed by atoms with E-state index in [1.807, 2.05) is 54.5 Å². The van der Waals surface area contributed by atoms with Crippen molar-refractivity contribution in [2.45, 2.75) is 101 Å². The number of aryl methyl sites for hydroxylation is 1. The zero-order chi connectivity index (χ0) is 22.7. The van der Waals surface area contributed by atoms with Crippen molar-refractivity contribution in [3.8, 4) is 0 Å². The van der Waals surface area contributed by atoms with Gasteiger partial charge in [-0.2, -0.15) is 0 Å². The van der Waals surface area contributed by atoms with E-state index in [1.54, 1.807) is 6.08 Å². The average molecular weight is 377 g/mol. The minimum absolute atomic E-state index is 0.633. The SMILES string of the molecule is C=C.C=CC.C=Cc1cc(CCCC)ccc1C(C)CC.CC.CC.CC. The predicted molar refractivity (Wildman–Crippen MR) is 135 cm³/mol. The van der Waals surface area contributed by atoms with Crippen molar-refractivity contribution in [2.24, 2.45) is 0 Å². The Hall–Kier alpha value is -1.56. The number of unbranched alkanes of at least 4 members (excludes halogenated alkanes) is 1. The molecule has 0 aliphatic heterocycles. The topological polar surface area (TPSA) is 0 Å². The van der Waals surface area contributed by atoms with E-state index in [0.717, 1.165) is 0 Å². The van der Waals surface area contributed by atoms with Crippen molar-refractivity contribution in [2.75, 3.05) is 0 Å². The molecule has 0 amide bonds. The van der Waals surface area contributed by atoms with Crippen LogP contribution in [-0.4, -0.2) is 0 Å². The van der Waals surface area contributed by atoms with Gasteiger partial charge in [0.1, 0.15) is 0 Å². The highest BCUT2D eigenvalue weighted by Gasteiger charge is 2.07. The molecule has 0 spiro atoms. The van der Waals surface area contributed by atoms with Gasteiger partial charge in [-0.3, -0.25) is 0 Å². The highest BCUT2D eigenvalue weighted by atomic mass is 14.1. The Bertz CT molecular complexity index is 387. The van der Waals surface area contributed by atoms with Crippen LogP contribution in [0.25, 0.3) is 6.08 Å². The van der Waals surface area contributed by atoms with Crippen LogP contribution in [0.4, 0.5) is 0 Å². The summed E-state index contributed by atoms with van der Waals surface area (Å²) in [7, 11) is 0. The van der Waals surface area contributed by atoms with Gasteiger partial charge in [0.15, 0.2) is 0 Å². The van der Waals surface area contributed by atoms with Crippen molar-refractivity contribution in [1.82, 2.24) is 0 Å². The standard InChI is InChI=1S/C16H24.C3H6.3C2H6.C2H4/c1-5-8-9-14-10-11-16(13(4)6-2)15(7-3)12-14;1-3-2;4*1-2/h7,10-13H,3,5-6,8-9H2,1-2,4H3;3H,1H2,2H3;3*1-2H3;1-2H2. The van der Waals surface area contributed by atoms with E-state index in [2.05, 4.69) is 65.3 Å². The summed E-state index contributed by atoms with van der Waals surface area (Å²) < 4.78 is 0. The molecule has 0 saturated heterocycles. The number of allylic oxidation sites excluding steroid dienone is 1. The van der Waals surface area contributed by atoms with Crippen LogP contribution in [0.1, 0.15) is 111 Å². The summed E-state index contributed by atoms with van der Waals surface area (Å²) in [4.78, 5) is 0. The molecule has 0 fully saturated rings. The monoisotopic (exact) mass is 376 g/mol. The first kappa shape index (κ1) is 36.4. The zero-order valence-electron chi connectivity index (χ0n) is 20.6. The van der Waals surface area contributed by atoms with E-state index in [9.17, 15) is 0 Å². The maximum absolute atomic E-state index is 3.93. The summed E-state index contributed by atoms with van der Waals surface area (Å²) in [5.41, 5.74) is 4.21. The summed E-state index contributed by atoms with van der Waals surface area (Å²) in [6.07, 6.45) is 8.67. The van der Waals surface area contributed by atoms with E-state index in [1.165, 1.54) is 42.4 Å². The molecule has 1 aromatic carbocycles.